The first-order valence-electron chi connectivity index (χ1n) is 8.38. The fraction of sp³-hybridized carbons (Fsp3) is 1.00. The van der Waals surface area contributed by atoms with Crippen LogP contribution in [0.4, 0.5) is 0 Å². The summed E-state index contributed by atoms with van der Waals surface area (Å²) in [7, 11) is 0. The van der Waals surface area contributed by atoms with E-state index in [0.29, 0.717) is 0 Å². The van der Waals surface area contributed by atoms with Crippen molar-refractivity contribution in [2.45, 2.75) is 76.3 Å². The number of piperidine rings is 1. The van der Waals surface area contributed by atoms with Crippen LogP contribution < -0.4 is 5.32 Å². The minimum Gasteiger partial charge on any atom is -0.310 e. The van der Waals surface area contributed by atoms with Crippen molar-refractivity contribution in [1.29, 1.82) is 0 Å². The molecule has 2 saturated carbocycles. The molecule has 0 bridgehead atoms. The molecule has 0 radical (unpaired) electrons. The lowest BCUT2D eigenvalue weighted by atomic mass is 9.87. The molecule has 1 saturated heterocycles. The summed E-state index contributed by atoms with van der Waals surface area (Å²) >= 11 is 0. The Hall–Kier alpha value is -0.0800. The molecule has 2 heteroatoms. The molecule has 2 nitrogen and oxygen atoms in total. The summed E-state index contributed by atoms with van der Waals surface area (Å²) in [6.45, 7) is 4.05. The second kappa shape index (κ2) is 6.38. The molecule has 3 aliphatic rings. The maximum absolute atomic E-state index is 3.82. The fourth-order valence-electron chi connectivity index (χ4n) is 3.82. The Kier molecular flexibility index (Phi) is 4.58. The van der Waals surface area contributed by atoms with Crippen molar-refractivity contribution in [2.75, 3.05) is 19.6 Å². The second-order valence-corrected chi connectivity index (χ2v) is 6.87. The van der Waals surface area contributed by atoms with Gasteiger partial charge < -0.3 is 10.2 Å². The van der Waals surface area contributed by atoms with E-state index in [0.717, 1.165) is 18.0 Å². The largest absolute Gasteiger partial charge is 0.310 e. The molecule has 0 amide bonds. The first-order valence-corrected chi connectivity index (χ1v) is 8.38. The molecule has 1 aliphatic heterocycles. The molecule has 1 N–H and O–H groups in total. The van der Waals surface area contributed by atoms with Crippen molar-refractivity contribution >= 4 is 0 Å². The van der Waals surface area contributed by atoms with Crippen LogP contribution in [0.15, 0.2) is 0 Å². The summed E-state index contributed by atoms with van der Waals surface area (Å²) in [6.07, 6.45) is 14.7. The number of nitrogens with one attached hydrogen (secondary N) is 1. The van der Waals surface area contributed by atoms with Crippen LogP contribution in [0.25, 0.3) is 0 Å². The number of likely N-dealkylation sites (tertiary alicyclic amines) is 1. The second-order valence-electron chi connectivity index (χ2n) is 6.87. The van der Waals surface area contributed by atoms with Crippen LogP contribution in [0.5, 0.6) is 0 Å². The lowest BCUT2D eigenvalue weighted by Gasteiger charge is -2.34. The molecule has 2 aliphatic carbocycles. The van der Waals surface area contributed by atoms with Gasteiger partial charge in [-0.25, -0.2) is 0 Å². The lowest BCUT2D eigenvalue weighted by Crippen LogP contribution is -2.46. The molecular formula is C16H30N2. The summed E-state index contributed by atoms with van der Waals surface area (Å²) < 4.78 is 0. The van der Waals surface area contributed by atoms with Gasteiger partial charge in [-0.3, -0.25) is 0 Å². The van der Waals surface area contributed by atoms with Crippen LogP contribution in [0.1, 0.15) is 64.2 Å². The summed E-state index contributed by atoms with van der Waals surface area (Å²) in [5, 5.41) is 3.82. The van der Waals surface area contributed by atoms with E-state index in [1.54, 1.807) is 0 Å². The van der Waals surface area contributed by atoms with Crippen molar-refractivity contribution in [3.8, 4) is 0 Å². The Morgan fingerprint density at radius 2 is 1.67 bits per heavy atom. The monoisotopic (exact) mass is 250 g/mol. The predicted octanol–water partition coefficient (Wildman–Crippen LogP) is 3.17. The van der Waals surface area contributed by atoms with E-state index in [4.69, 9.17) is 0 Å². The number of hydrogen-bond donors (Lipinski definition) is 1. The zero-order valence-corrected chi connectivity index (χ0v) is 11.9. The average molecular weight is 250 g/mol. The molecule has 3 fully saturated rings. The highest BCUT2D eigenvalue weighted by molar-refractivity contribution is 4.88. The van der Waals surface area contributed by atoms with Gasteiger partial charge in [0.05, 0.1) is 0 Å². The SMILES string of the molecule is C1CCC(CCN2CCCC(NC3CC3)C2)CC1. The van der Waals surface area contributed by atoms with Crippen LogP contribution >= 0.6 is 0 Å². The van der Waals surface area contributed by atoms with Gasteiger partial charge in [-0.15, -0.1) is 0 Å². The molecule has 0 aromatic carbocycles. The topological polar surface area (TPSA) is 15.3 Å². The Morgan fingerprint density at radius 3 is 2.44 bits per heavy atom. The standard InChI is InChI=1S/C16H30N2/c1-2-5-14(6-3-1)10-12-18-11-4-7-16(13-18)17-15-8-9-15/h14-17H,1-13H2. The maximum Gasteiger partial charge on any atom is 0.0198 e. The highest BCUT2D eigenvalue weighted by atomic mass is 15.2. The Labute approximate surface area is 113 Å². The highest BCUT2D eigenvalue weighted by Gasteiger charge is 2.27. The molecule has 0 spiro atoms. The molecule has 1 atom stereocenters. The van der Waals surface area contributed by atoms with Crippen molar-refractivity contribution in [3.63, 3.8) is 0 Å². The van der Waals surface area contributed by atoms with Crippen LogP contribution in [-0.2, 0) is 0 Å². The normalized spacial score (nSPS) is 31.7. The minimum absolute atomic E-state index is 0.803. The smallest absolute Gasteiger partial charge is 0.0198 e. The van der Waals surface area contributed by atoms with E-state index >= 15 is 0 Å². The summed E-state index contributed by atoms with van der Waals surface area (Å²) in [6, 6.07) is 1.69. The molecule has 3 rings (SSSR count). The molecule has 1 unspecified atom stereocenters. The van der Waals surface area contributed by atoms with Gasteiger partial charge in [0, 0.05) is 18.6 Å². The zero-order chi connectivity index (χ0) is 12.2. The van der Waals surface area contributed by atoms with Gasteiger partial charge in [0.2, 0.25) is 0 Å². The number of nitrogens with zero attached hydrogens (tertiary/aromatic N) is 1. The van der Waals surface area contributed by atoms with Crippen molar-refractivity contribution in [3.05, 3.63) is 0 Å². The molecule has 104 valence electrons. The Bertz CT molecular complexity index is 243. The fourth-order valence-corrected chi connectivity index (χ4v) is 3.82. The van der Waals surface area contributed by atoms with Gasteiger partial charge in [0.25, 0.3) is 0 Å². The predicted molar refractivity (Wildman–Crippen MR) is 76.8 cm³/mol. The summed E-state index contributed by atoms with van der Waals surface area (Å²) in [4.78, 5) is 2.73. The quantitative estimate of drug-likeness (QED) is 0.806. The van der Waals surface area contributed by atoms with E-state index in [1.807, 2.05) is 0 Å². The van der Waals surface area contributed by atoms with E-state index in [9.17, 15) is 0 Å². The highest BCUT2D eigenvalue weighted by Crippen LogP contribution is 2.27. The van der Waals surface area contributed by atoms with Gasteiger partial charge in [-0.1, -0.05) is 32.1 Å². The minimum atomic E-state index is 0.803. The molecule has 1 heterocycles. The summed E-state index contributed by atoms with van der Waals surface area (Å²) in [5.41, 5.74) is 0. The third-order valence-corrected chi connectivity index (χ3v) is 5.13. The third-order valence-electron chi connectivity index (χ3n) is 5.13. The van der Waals surface area contributed by atoms with Crippen molar-refractivity contribution < 1.29 is 0 Å². The van der Waals surface area contributed by atoms with E-state index in [2.05, 4.69) is 10.2 Å². The zero-order valence-electron chi connectivity index (χ0n) is 11.9. The lowest BCUT2D eigenvalue weighted by molar-refractivity contribution is 0.171. The molecule has 18 heavy (non-hydrogen) atoms. The number of rotatable bonds is 5. The van der Waals surface area contributed by atoms with Crippen LogP contribution in [0, 0.1) is 5.92 Å². The maximum atomic E-state index is 3.82. The third kappa shape index (κ3) is 3.96. The van der Waals surface area contributed by atoms with Gasteiger partial charge in [-0.05, 0) is 51.1 Å². The van der Waals surface area contributed by atoms with Gasteiger partial charge in [-0.2, -0.15) is 0 Å². The Morgan fingerprint density at radius 1 is 0.833 bits per heavy atom. The van der Waals surface area contributed by atoms with Gasteiger partial charge in [0.15, 0.2) is 0 Å². The van der Waals surface area contributed by atoms with E-state index in [1.165, 1.54) is 83.8 Å². The molecule has 0 aromatic heterocycles. The van der Waals surface area contributed by atoms with E-state index < -0.39 is 0 Å². The molecule has 0 aromatic rings. The molecular weight excluding hydrogens is 220 g/mol. The van der Waals surface area contributed by atoms with Crippen molar-refractivity contribution in [1.82, 2.24) is 10.2 Å². The first-order chi connectivity index (χ1) is 8.90. The van der Waals surface area contributed by atoms with Gasteiger partial charge >= 0.3 is 0 Å². The Balaban J connectivity index is 1.35. The average Bonchev–Trinajstić information content (AvgIpc) is 3.22. The van der Waals surface area contributed by atoms with Crippen LogP contribution in [0.2, 0.25) is 0 Å². The number of hydrogen-bond acceptors (Lipinski definition) is 2. The van der Waals surface area contributed by atoms with E-state index in [-0.39, 0.29) is 0 Å². The van der Waals surface area contributed by atoms with Crippen LogP contribution in [0.3, 0.4) is 0 Å². The van der Waals surface area contributed by atoms with Crippen LogP contribution in [-0.4, -0.2) is 36.6 Å². The first kappa shape index (κ1) is 12.9. The van der Waals surface area contributed by atoms with Gasteiger partial charge in [0.1, 0.15) is 0 Å². The van der Waals surface area contributed by atoms with Crippen molar-refractivity contribution in [2.24, 2.45) is 5.92 Å². The summed E-state index contributed by atoms with van der Waals surface area (Å²) in [5.74, 6) is 1.05.